The topological polar surface area (TPSA) is 47.6 Å². The van der Waals surface area contributed by atoms with Crippen LogP contribution in [0.5, 0.6) is 0 Å². The minimum Gasteiger partial charge on any atom is -0.208 e. The number of nitriles is 2. The molecule has 0 aliphatic heterocycles. The molecule has 1 rings (SSSR count). The van der Waals surface area contributed by atoms with Gasteiger partial charge in [0.05, 0.1) is 6.07 Å². The fraction of sp³-hybridized carbons (Fsp3) is 0. The van der Waals surface area contributed by atoms with E-state index in [1.54, 1.807) is 12.1 Å². The van der Waals surface area contributed by atoms with E-state index in [9.17, 15) is 0 Å². The molecule has 0 aliphatic rings. The molecule has 0 heterocycles. The van der Waals surface area contributed by atoms with Crippen LogP contribution in [0.15, 0.2) is 18.2 Å². The third-order valence-electron chi connectivity index (χ3n) is 1.10. The molecule has 52 valence electrons. The molecule has 0 radical (unpaired) electrons. The molecular weight excluding hydrogens is 308 g/mol. The third-order valence-corrected chi connectivity index (χ3v) is 1.10. The summed E-state index contributed by atoms with van der Waals surface area (Å²) in [5.74, 6) is 0. The Kier molecular flexibility index (Phi) is 4.19. The molecule has 0 bridgehead atoms. The van der Waals surface area contributed by atoms with Gasteiger partial charge in [-0.3, -0.25) is 0 Å². The van der Waals surface area contributed by atoms with Gasteiger partial charge in [0.2, 0.25) is 0 Å². The van der Waals surface area contributed by atoms with E-state index in [-0.39, 0.29) is 21.1 Å². The average molecular weight is 311 g/mol. The van der Waals surface area contributed by atoms with Crippen molar-refractivity contribution in [2.45, 2.75) is 0 Å². The molecule has 3 heteroatoms. The van der Waals surface area contributed by atoms with E-state index in [1.807, 2.05) is 12.1 Å². The SMILES string of the molecule is N#Cc1c[c-]ccc1C#N.[W]. The zero-order valence-corrected chi connectivity index (χ0v) is 8.47. The smallest absolute Gasteiger partial charge is 0.0738 e. The Bertz CT molecular complexity index is 287. The molecule has 0 unspecified atom stereocenters. The molecule has 0 aliphatic carbocycles. The van der Waals surface area contributed by atoms with Crippen LogP contribution in [0.25, 0.3) is 0 Å². The minimum atomic E-state index is 0. The van der Waals surface area contributed by atoms with Gasteiger partial charge in [0.15, 0.2) is 0 Å². The molecule has 0 N–H and O–H groups in total. The first-order valence-electron chi connectivity index (χ1n) is 2.69. The Balaban J connectivity index is 0.000001000. The molecule has 1 aromatic carbocycles. The van der Waals surface area contributed by atoms with E-state index < -0.39 is 0 Å². The Hall–Kier alpha value is -1.11. The van der Waals surface area contributed by atoms with Gasteiger partial charge in [-0.05, 0) is 11.1 Å². The largest absolute Gasteiger partial charge is 0.208 e. The van der Waals surface area contributed by atoms with E-state index in [1.165, 1.54) is 6.07 Å². The molecule has 0 fully saturated rings. The molecule has 11 heavy (non-hydrogen) atoms. The maximum atomic E-state index is 8.43. The van der Waals surface area contributed by atoms with Crippen molar-refractivity contribution < 1.29 is 21.1 Å². The molecule has 0 amide bonds. The van der Waals surface area contributed by atoms with Crippen LogP contribution in [0.2, 0.25) is 0 Å². The van der Waals surface area contributed by atoms with Gasteiger partial charge < -0.3 is 0 Å². The first-order chi connectivity index (χ1) is 4.88. The van der Waals surface area contributed by atoms with Gasteiger partial charge >= 0.3 is 0 Å². The molecule has 1 aromatic rings. The maximum absolute atomic E-state index is 8.43. The van der Waals surface area contributed by atoms with Crippen LogP contribution in [0.3, 0.4) is 0 Å². The van der Waals surface area contributed by atoms with E-state index in [2.05, 4.69) is 6.07 Å². The molecule has 0 aromatic heterocycles. The molecule has 0 saturated carbocycles. The minimum absolute atomic E-state index is 0. The average Bonchev–Trinajstić information content (AvgIpc) is 2.04. The van der Waals surface area contributed by atoms with Crippen LogP contribution < -0.4 is 0 Å². The van der Waals surface area contributed by atoms with Gasteiger partial charge in [-0.1, -0.05) is 0 Å². The second kappa shape index (κ2) is 4.67. The van der Waals surface area contributed by atoms with Crippen LogP contribution in [-0.2, 0) is 21.1 Å². The van der Waals surface area contributed by atoms with Crippen molar-refractivity contribution in [3.8, 4) is 12.1 Å². The monoisotopic (exact) mass is 311 g/mol. The standard InChI is InChI=1S/C8H3N2.W/c9-5-7-3-1-2-4-8(7)6-10;/h1,3-4H;/q-1;. The van der Waals surface area contributed by atoms with Gasteiger partial charge in [-0.2, -0.15) is 29.5 Å². The molecule has 0 spiro atoms. The summed E-state index contributed by atoms with van der Waals surface area (Å²) in [6.07, 6.45) is 0. The van der Waals surface area contributed by atoms with Crippen molar-refractivity contribution in [1.29, 1.82) is 10.5 Å². The predicted molar refractivity (Wildman–Crippen MR) is 34.7 cm³/mol. The summed E-state index contributed by atoms with van der Waals surface area (Å²) in [7, 11) is 0. The third kappa shape index (κ3) is 2.19. The van der Waals surface area contributed by atoms with Crippen LogP contribution in [-0.4, -0.2) is 0 Å². The zero-order chi connectivity index (χ0) is 7.40. The molecular formula is C8H3N2W-. The van der Waals surface area contributed by atoms with Gasteiger partial charge in [0.25, 0.3) is 0 Å². The summed E-state index contributed by atoms with van der Waals surface area (Å²) < 4.78 is 0. The van der Waals surface area contributed by atoms with Crippen molar-refractivity contribution in [2.24, 2.45) is 0 Å². The Labute approximate surface area is 79.3 Å². The number of hydrogen-bond acceptors (Lipinski definition) is 2. The second-order valence-corrected chi connectivity index (χ2v) is 1.70. The Morgan fingerprint density at radius 1 is 1.18 bits per heavy atom. The van der Waals surface area contributed by atoms with Gasteiger partial charge in [0, 0.05) is 27.1 Å². The molecule has 2 nitrogen and oxygen atoms in total. The number of hydrogen-bond donors (Lipinski definition) is 0. The zero-order valence-electron chi connectivity index (χ0n) is 5.53. The molecule has 0 atom stereocenters. The van der Waals surface area contributed by atoms with E-state index in [0.29, 0.717) is 11.1 Å². The van der Waals surface area contributed by atoms with Crippen molar-refractivity contribution in [3.63, 3.8) is 0 Å². The second-order valence-electron chi connectivity index (χ2n) is 1.70. The van der Waals surface area contributed by atoms with Crippen LogP contribution in [0.4, 0.5) is 0 Å². The van der Waals surface area contributed by atoms with Crippen molar-refractivity contribution in [2.75, 3.05) is 0 Å². The first-order valence-corrected chi connectivity index (χ1v) is 2.69. The number of benzene rings is 1. The number of rotatable bonds is 0. The molecule has 0 saturated heterocycles. The van der Waals surface area contributed by atoms with Gasteiger partial charge in [-0.15, -0.1) is 0 Å². The fourth-order valence-electron chi connectivity index (χ4n) is 0.620. The van der Waals surface area contributed by atoms with Crippen LogP contribution >= 0.6 is 0 Å². The van der Waals surface area contributed by atoms with Gasteiger partial charge in [0.1, 0.15) is 0 Å². The predicted octanol–water partition coefficient (Wildman–Crippen LogP) is 1.23. The summed E-state index contributed by atoms with van der Waals surface area (Å²) in [5, 5.41) is 16.9. The summed E-state index contributed by atoms with van der Waals surface area (Å²) in [4.78, 5) is 0. The Morgan fingerprint density at radius 2 is 1.82 bits per heavy atom. The van der Waals surface area contributed by atoms with Crippen molar-refractivity contribution >= 4 is 0 Å². The van der Waals surface area contributed by atoms with E-state index >= 15 is 0 Å². The van der Waals surface area contributed by atoms with Crippen molar-refractivity contribution in [1.82, 2.24) is 0 Å². The van der Waals surface area contributed by atoms with Crippen LogP contribution in [0, 0.1) is 28.7 Å². The fourth-order valence-corrected chi connectivity index (χ4v) is 0.620. The van der Waals surface area contributed by atoms with Crippen molar-refractivity contribution in [3.05, 3.63) is 35.4 Å². The van der Waals surface area contributed by atoms with E-state index in [4.69, 9.17) is 10.5 Å². The first kappa shape index (κ1) is 9.89. The summed E-state index contributed by atoms with van der Waals surface area (Å²) in [6, 6.07) is 11.2. The summed E-state index contributed by atoms with van der Waals surface area (Å²) >= 11 is 0. The number of nitrogens with zero attached hydrogens (tertiary/aromatic N) is 2. The normalized spacial score (nSPS) is 7.09. The summed E-state index contributed by atoms with van der Waals surface area (Å²) in [5.41, 5.74) is 0.784. The van der Waals surface area contributed by atoms with Crippen LogP contribution in [0.1, 0.15) is 11.1 Å². The quantitative estimate of drug-likeness (QED) is 0.677. The summed E-state index contributed by atoms with van der Waals surface area (Å²) in [6.45, 7) is 0. The van der Waals surface area contributed by atoms with Gasteiger partial charge in [-0.25, -0.2) is 5.26 Å². The van der Waals surface area contributed by atoms with E-state index in [0.717, 1.165) is 0 Å². The maximum Gasteiger partial charge on any atom is 0.0738 e. The Morgan fingerprint density at radius 3 is 2.27 bits per heavy atom.